The van der Waals surface area contributed by atoms with Gasteiger partial charge >= 0.3 is 0 Å². The molecule has 4 rings (SSSR count). The molecule has 1 fully saturated rings. The molecule has 1 aromatic carbocycles. The molecule has 0 N–H and O–H groups in total. The van der Waals surface area contributed by atoms with Gasteiger partial charge in [-0.1, -0.05) is 30.3 Å². The monoisotopic (exact) mass is 362 g/mol. The lowest BCUT2D eigenvalue weighted by molar-refractivity contribution is 0.0584. The third-order valence-electron chi connectivity index (χ3n) is 5.55. The first kappa shape index (κ1) is 17.6. The van der Waals surface area contributed by atoms with E-state index in [4.69, 9.17) is 0 Å². The summed E-state index contributed by atoms with van der Waals surface area (Å²) in [4.78, 5) is 15.4. The van der Waals surface area contributed by atoms with Gasteiger partial charge in [0.05, 0.1) is 0 Å². The van der Waals surface area contributed by atoms with E-state index < -0.39 is 0 Å². The van der Waals surface area contributed by atoms with Crippen LogP contribution in [0.1, 0.15) is 36.2 Å². The number of piperidine rings is 1. The average Bonchev–Trinajstić information content (AvgIpc) is 3.36. The predicted octanol–water partition coefficient (Wildman–Crippen LogP) is 3.97. The van der Waals surface area contributed by atoms with E-state index in [-0.39, 0.29) is 11.9 Å². The van der Waals surface area contributed by atoms with Crippen LogP contribution >= 0.6 is 0 Å². The van der Waals surface area contributed by atoms with Gasteiger partial charge in [0.15, 0.2) is 0 Å². The highest BCUT2D eigenvalue weighted by atomic mass is 16.2. The zero-order valence-corrected chi connectivity index (χ0v) is 15.8. The number of likely N-dealkylation sites (tertiary alicyclic amines) is 1. The zero-order valence-electron chi connectivity index (χ0n) is 15.8. The molecule has 27 heavy (non-hydrogen) atoms. The smallest absolute Gasteiger partial charge is 0.270 e. The molecule has 0 bridgehead atoms. The molecule has 0 unspecified atom stereocenters. The summed E-state index contributed by atoms with van der Waals surface area (Å²) in [6.07, 6.45) is 8.08. The number of aromatic nitrogens is 3. The quantitative estimate of drug-likeness (QED) is 0.689. The van der Waals surface area contributed by atoms with Crippen LogP contribution in [0.4, 0.5) is 0 Å². The molecule has 5 heteroatoms. The van der Waals surface area contributed by atoms with Gasteiger partial charge in [0.2, 0.25) is 0 Å². The molecule has 0 aliphatic carbocycles. The summed E-state index contributed by atoms with van der Waals surface area (Å²) in [6, 6.07) is 16.5. The Morgan fingerprint density at radius 2 is 1.96 bits per heavy atom. The van der Waals surface area contributed by atoms with Crippen LogP contribution in [0.5, 0.6) is 0 Å². The maximum Gasteiger partial charge on any atom is 0.270 e. The molecule has 0 spiro atoms. The van der Waals surface area contributed by atoms with Gasteiger partial charge in [0.25, 0.3) is 5.91 Å². The summed E-state index contributed by atoms with van der Waals surface area (Å²) in [7, 11) is 1.98. The van der Waals surface area contributed by atoms with Crippen LogP contribution in [-0.4, -0.2) is 37.7 Å². The van der Waals surface area contributed by atoms with Gasteiger partial charge in [-0.15, -0.1) is 0 Å². The first-order chi connectivity index (χ1) is 13.2. The second-order valence-corrected chi connectivity index (χ2v) is 7.23. The maximum atomic E-state index is 13.3. The number of aryl methyl sites for hydroxylation is 1. The fourth-order valence-electron chi connectivity index (χ4n) is 4.05. The fourth-order valence-corrected chi connectivity index (χ4v) is 4.05. The number of hydrogen-bond donors (Lipinski definition) is 0. The van der Waals surface area contributed by atoms with Gasteiger partial charge in [0, 0.05) is 44.3 Å². The number of amides is 1. The molecular formula is C22H26N4O. The van der Waals surface area contributed by atoms with Crippen LogP contribution in [0.15, 0.2) is 60.9 Å². The van der Waals surface area contributed by atoms with Gasteiger partial charge < -0.3 is 9.47 Å². The SMILES string of the molecule is Cn1c(C(=O)N2CCCC[C@H]2CCn2cccn2)ccc1-c1ccccc1. The number of carbonyl (C=O) groups is 1. The van der Waals surface area contributed by atoms with Crippen LogP contribution in [0.3, 0.4) is 0 Å². The van der Waals surface area contributed by atoms with Crippen LogP contribution in [0.2, 0.25) is 0 Å². The second-order valence-electron chi connectivity index (χ2n) is 7.23. The fraction of sp³-hybridized carbons (Fsp3) is 0.364. The highest BCUT2D eigenvalue weighted by molar-refractivity contribution is 5.94. The highest BCUT2D eigenvalue weighted by Gasteiger charge is 2.29. The van der Waals surface area contributed by atoms with Gasteiger partial charge in [-0.3, -0.25) is 9.48 Å². The van der Waals surface area contributed by atoms with Crippen molar-refractivity contribution < 1.29 is 4.79 Å². The molecule has 5 nitrogen and oxygen atoms in total. The third kappa shape index (κ3) is 3.68. The van der Waals surface area contributed by atoms with Crippen molar-refractivity contribution >= 4 is 5.91 Å². The van der Waals surface area contributed by atoms with Crippen LogP contribution in [-0.2, 0) is 13.6 Å². The number of hydrogen-bond acceptors (Lipinski definition) is 2. The molecule has 0 radical (unpaired) electrons. The molecule has 1 aliphatic rings. The van der Waals surface area contributed by atoms with E-state index >= 15 is 0 Å². The highest BCUT2D eigenvalue weighted by Crippen LogP contribution is 2.26. The molecular weight excluding hydrogens is 336 g/mol. The number of carbonyl (C=O) groups excluding carboxylic acids is 1. The summed E-state index contributed by atoms with van der Waals surface area (Å²) in [5.41, 5.74) is 2.97. The van der Waals surface area contributed by atoms with Gasteiger partial charge in [-0.05, 0) is 49.4 Å². The van der Waals surface area contributed by atoms with E-state index in [2.05, 4.69) is 22.1 Å². The van der Waals surface area contributed by atoms with Crippen molar-refractivity contribution in [3.8, 4) is 11.3 Å². The largest absolute Gasteiger partial charge is 0.340 e. The van der Waals surface area contributed by atoms with Crippen LogP contribution in [0, 0.1) is 0 Å². The minimum atomic E-state index is 0.143. The Morgan fingerprint density at radius 3 is 2.74 bits per heavy atom. The maximum absolute atomic E-state index is 13.3. The lowest BCUT2D eigenvalue weighted by atomic mass is 9.99. The molecule has 1 atom stereocenters. The lowest BCUT2D eigenvalue weighted by Crippen LogP contribution is -2.44. The number of nitrogens with zero attached hydrogens (tertiary/aromatic N) is 4. The Balaban J connectivity index is 1.52. The minimum Gasteiger partial charge on any atom is -0.340 e. The molecule has 140 valence electrons. The zero-order chi connectivity index (χ0) is 18.6. The van der Waals surface area contributed by atoms with Gasteiger partial charge in [-0.2, -0.15) is 5.10 Å². The van der Waals surface area contributed by atoms with Crippen molar-refractivity contribution in [3.63, 3.8) is 0 Å². The van der Waals surface area contributed by atoms with E-state index in [1.54, 1.807) is 6.20 Å². The Morgan fingerprint density at radius 1 is 1.11 bits per heavy atom. The van der Waals surface area contributed by atoms with Crippen molar-refractivity contribution in [3.05, 3.63) is 66.6 Å². The van der Waals surface area contributed by atoms with Crippen molar-refractivity contribution in [2.24, 2.45) is 7.05 Å². The van der Waals surface area contributed by atoms with E-state index in [9.17, 15) is 4.79 Å². The van der Waals surface area contributed by atoms with E-state index in [1.165, 1.54) is 6.42 Å². The second kappa shape index (κ2) is 7.82. The molecule has 1 saturated heterocycles. The average molecular weight is 362 g/mol. The minimum absolute atomic E-state index is 0.143. The van der Waals surface area contributed by atoms with Crippen molar-refractivity contribution in [1.82, 2.24) is 19.2 Å². The molecule has 1 amide bonds. The van der Waals surface area contributed by atoms with Gasteiger partial charge in [0.1, 0.15) is 5.69 Å². The van der Waals surface area contributed by atoms with Crippen molar-refractivity contribution in [1.29, 1.82) is 0 Å². The lowest BCUT2D eigenvalue weighted by Gasteiger charge is -2.36. The Kier molecular flexibility index (Phi) is 5.10. The molecule has 0 saturated carbocycles. The standard InChI is InChI=1S/C22H26N4O/c1-24-20(18-8-3-2-4-9-18)11-12-21(24)22(27)26-16-6-5-10-19(26)13-17-25-15-7-14-23-25/h2-4,7-9,11-12,14-15,19H,5-6,10,13,16-17H2,1H3/t19-/m0/s1. The summed E-state index contributed by atoms with van der Waals surface area (Å²) in [6.45, 7) is 1.69. The molecule has 1 aliphatic heterocycles. The van der Waals surface area contributed by atoms with E-state index in [0.717, 1.165) is 49.3 Å². The van der Waals surface area contributed by atoms with Gasteiger partial charge in [-0.25, -0.2) is 0 Å². The predicted molar refractivity (Wildman–Crippen MR) is 106 cm³/mol. The van der Waals surface area contributed by atoms with E-state index in [1.807, 2.05) is 58.9 Å². The Labute approximate surface area is 160 Å². The number of rotatable bonds is 5. The number of benzene rings is 1. The first-order valence-corrected chi connectivity index (χ1v) is 9.73. The summed E-state index contributed by atoms with van der Waals surface area (Å²) < 4.78 is 3.98. The first-order valence-electron chi connectivity index (χ1n) is 9.73. The molecule has 2 aromatic heterocycles. The summed E-state index contributed by atoms with van der Waals surface area (Å²) in [5, 5.41) is 4.29. The van der Waals surface area contributed by atoms with Crippen molar-refractivity contribution in [2.45, 2.75) is 38.3 Å². The Bertz CT molecular complexity index is 882. The summed E-state index contributed by atoms with van der Waals surface area (Å²) >= 11 is 0. The van der Waals surface area contributed by atoms with Crippen LogP contribution < -0.4 is 0 Å². The topological polar surface area (TPSA) is 43.1 Å². The Hall–Kier alpha value is -2.82. The molecule has 3 heterocycles. The summed E-state index contributed by atoms with van der Waals surface area (Å²) in [5.74, 6) is 0.143. The van der Waals surface area contributed by atoms with Crippen LogP contribution in [0.25, 0.3) is 11.3 Å². The van der Waals surface area contributed by atoms with E-state index in [0.29, 0.717) is 0 Å². The third-order valence-corrected chi connectivity index (χ3v) is 5.55. The normalized spacial score (nSPS) is 17.2. The van der Waals surface area contributed by atoms with Crippen molar-refractivity contribution in [2.75, 3.05) is 6.54 Å². The molecule has 3 aromatic rings.